The van der Waals surface area contributed by atoms with Crippen LogP contribution in [0.4, 0.5) is 9.18 Å². The molecule has 0 aliphatic carbocycles. The zero-order valence-corrected chi connectivity index (χ0v) is 28.3. The molecule has 2 atom stereocenters. The van der Waals surface area contributed by atoms with Crippen molar-refractivity contribution in [3.05, 3.63) is 114 Å². The quantitative estimate of drug-likeness (QED) is 0.232. The maximum atomic E-state index is 14.4. The van der Waals surface area contributed by atoms with Crippen molar-refractivity contribution in [1.82, 2.24) is 25.1 Å². The second-order valence-electron chi connectivity index (χ2n) is 12.7. The zero-order valence-electron chi connectivity index (χ0n) is 28.3. The van der Waals surface area contributed by atoms with E-state index in [0.717, 1.165) is 27.5 Å². The Bertz CT molecular complexity index is 1860. The minimum Gasteiger partial charge on any atom is -0.482 e. The summed E-state index contributed by atoms with van der Waals surface area (Å²) in [5.41, 5.74) is 2.50. The molecule has 4 amide bonds. The first kappa shape index (κ1) is 34.4. The summed E-state index contributed by atoms with van der Waals surface area (Å²) in [5.74, 6) is -0.847. The van der Waals surface area contributed by atoms with Crippen LogP contribution in [0.5, 0.6) is 5.75 Å². The molecular formula is C38H40FN5O6. The molecule has 2 aliphatic heterocycles. The maximum absolute atomic E-state index is 14.4. The third-order valence-electron chi connectivity index (χ3n) is 9.08. The molecule has 6 rings (SSSR count). The second-order valence-corrected chi connectivity index (χ2v) is 12.7. The van der Waals surface area contributed by atoms with Gasteiger partial charge in [-0.05, 0) is 65.6 Å². The number of nitrogens with zero attached hydrogens (tertiary/aromatic N) is 4. The number of hydrogen-bond donors (Lipinski definition) is 1. The van der Waals surface area contributed by atoms with Gasteiger partial charge >= 0.3 is 12.0 Å². The molecular weight excluding hydrogens is 641 g/mol. The lowest BCUT2D eigenvalue weighted by atomic mass is 9.99. The van der Waals surface area contributed by atoms with Crippen LogP contribution in [-0.2, 0) is 38.6 Å². The number of ether oxygens (including phenoxy) is 2. The lowest BCUT2D eigenvalue weighted by molar-refractivity contribution is -0.158. The van der Waals surface area contributed by atoms with Crippen molar-refractivity contribution in [3.8, 4) is 5.75 Å². The van der Waals surface area contributed by atoms with Gasteiger partial charge in [0.1, 0.15) is 23.8 Å². The Morgan fingerprint density at radius 3 is 2.36 bits per heavy atom. The number of esters is 1. The summed E-state index contributed by atoms with van der Waals surface area (Å²) in [6.07, 6.45) is -0.377. The fraction of sp³-hybridized carbons (Fsp3) is 0.316. The van der Waals surface area contributed by atoms with Crippen molar-refractivity contribution in [2.75, 3.05) is 26.8 Å². The van der Waals surface area contributed by atoms with Gasteiger partial charge in [0, 0.05) is 25.6 Å². The van der Waals surface area contributed by atoms with Crippen LogP contribution in [0.2, 0.25) is 0 Å². The predicted octanol–water partition coefficient (Wildman–Crippen LogP) is 4.49. The number of urea groups is 1. The number of carbonyl (C=O) groups excluding carboxylic acids is 4. The Balaban J connectivity index is 1.29. The fourth-order valence-corrected chi connectivity index (χ4v) is 6.65. The summed E-state index contributed by atoms with van der Waals surface area (Å²) in [4.78, 5) is 56.9. The van der Waals surface area contributed by atoms with E-state index >= 15 is 0 Å². The van der Waals surface area contributed by atoms with E-state index in [-0.39, 0.29) is 56.3 Å². The van der Waals surface area contributed by atoms with E-state index in [0.29, 0.717) is 12.3 Å². The van der Waals surface area contributed by atoms with E-state index in [4.69, 9.17) is 4.74 Å². The highest BCUT2D eigenvalue weighted by molar-refractivity contribution is 5.92. The van der Waals surface area contributed by atoms with Crippen LogP contribution < -0.4 is 10.1 Å². The Hall–Kier alpha value is -5.49. The van der Waals surface area contributed by atoms with Gasteiger partial charge in [0.25, 0.3) is 0 Å². The van der Waals surface area contributed by atoms with E-state index in [9.17, 15) is 23.6 Å². The molecule has 0 radical (unpaired) electrons. The Morgan fingerprint density at radius 1 is 0.940 bits per heavy atom. The molecule has 2 aliphatic rings. The topological polar surface area (TPSA) is 112 Å². The number of methoxy groups -OCH3 is 1. The Kier molecular flexibility index (Phi) is 10.3. The van der Waals surface area contributed by atoms with Crippen molar-refractivity contribution >= 4 is 34.6 Å². The van der Waals surface area contributed by atoms with Gasteiger partial charge in [-0.15, -0.1) is 0 Å². The van der Waals surface area contributed by atoms with Gasteiger partial charge in [0.2, 0.25) is 11.8 Å². The number of hydrazine groups is 1. The fourth-order valence-electron chi connectivity index (χ4n) is 6.65. The lowest BCUT2D eigenvalue weighted by Gasteiger charge is -2.47. The number of amides is 4. The van der Waals surface area contributed by atoms with Crippen LogP contribution in [0.15, 0.2) is 91.0 Å². The van der Waals surface area contributed by atoms with Crippen LogP contribution in [0.1, 0.15) is 30.5 Å². The maximum Gasteiger partial charge on any atom is 0.343 e. The number of halogens is 1. The van der Waals surface area contributed by atoms with E-state index < -0.39 is 24.2 Å². The molecule has 0 unspecified atom stereocenters. The van der Waals surface area contributed by atoms with Gasteiger partial charge in [0.05, 0.1) is 20.2 Å². The molecule has 4 aromatic carbocycles. The number of benzene rings is 4. The third kappa shape index (κ3) is 7.40. The molecule has 2 heterocycles. The molecule has 0 saturated carbocycles. The van der Waals surface area contributed by atoms with Gasteiger partial charge in [-0.1, -0.05) is 66.7 Å². The molecule has 2 saturated heterocycles. The highest BCUT2D eigenvalue weighted by atomic mass is 19.1. The van der Waals surface area contributed by atoms with E-state index in [1.807, 2.05) is 56.3 Å². The summed E-state index contributed by atoms with van der Waals surface area (Å²) >= 11 is 0. The van der Waals surface area contributed by atoms with Crippen LogP contribution >= 0.6 is 0 Å². The Labute approximate surface area is 290 Å². The SMILES string of the molecule is COC(=O)COc1ccc(C[C@H]2C(=O)N(Cc3cccc4ccccc34)C[C@H]3N2C(=O)CN3N(C(=O)NCc2ccc(F)cc2)C(C)C)cc1. The summed E-state index contributed by atoms with van der Waals surface area (Å²) in [6, 6.07) is 25.4. The number of nitrogens with one attached hydrogen (secondary N) is 1. The van der Waals surface area contributed by atoms with Gasteiger partial charge in [-0.3, -0.25) is 14.6 Å². The van der Waals surface area contributed by atoms with Crippen molar-refractivity contribution in [2.45, 2.75) is 51.6 Å². The molecule has 0 spiro atoms. The monoisotopic (exact) mass is 681 g/mol. The summed E-state index contributed by atoms with van der Waals surface area (Å²) in [7, 11) is 1.29. The number of carbonyl (C=O) groups is 4. The highest BCUT2D eigenvalue weighted by Gasteiger charge is 2.52. The molecule has 260 valence electrons. The summed E-state index contributed by atoms with van der Waals surface area (Å²) < 4.78 is 23.6. The first-order valence-corrected chi connectivity index (χ1v) is 16.6. The van der Waals surface area contributed by atoms with Crippen molar-refractivity contribution in [3.63, 3.8) is 0 Å². The van der Waals surface area contributed by atoms with E-state index in [1.54, 1.807) is 56.2 Å². The first-order chi connectivity index (χ1) is 24.1. The average Bonchev–Trinajstić information content (AvgIpc) is 3.43. The van der Waals surface area contributed by atoms with Crippen LogP contribution in [-0.4, -0.2) is 88.7 Å². The first-order valence-electron chi connectivity index (χ1n) is 16.6. The normalized spacial score (nSPS) is 17.6. The number of rotatable bonds is 11. The van der Waals surface area contributed by atoms with Crippen LogP contribution in [0, 0.1) is 5.82 Å². The summed E-state index contributed by atoms with van der Waals surface area (Å²) in [6.45, 7) is 4.11. The molecule has 11 nitrogen and oxygen atoms in total. The summed E-state index contributed by atoms with van der Waals surface area (Å²) in [5, 5.41) is 8.31. The molecule has 50 heavy (non-hydrogen) atoms. The second kappa shape index (κ2) is 15.0. The molecule has 2 fully saturated rings. The number of fused-ring (bicyclic) bond motifs is 2. The van der Waals surface area contributed by atoms with Gasteiger partial charge in [0.15, 0.2) is 6.61 Å². The third-order valence-corrected chi connectivity index (χ3v) is 9.08. The van der Waals surface area contributed by atoms with Crippen LogP contribution in [0.3, 0.4) is 0 Å². The molecule has 0 aromatic heterocycles. The van der Waals surface area contributed by atoms with Crippen molar-refractivity contribution in [2.24, 2.45) is 0 Å². The minimum absolute atomic E-state index is 0.0843. The largest absolute Gasteiger partial charge is 0.482 e. The molecule has 4 aromatic rings. The number of hydrogen-bond acceptors (Lipinski definition) is 7. The zero-order chi connectivity index (χ0) is 35.4. The lowest BCUT2D eigenvalue weighted by Crippen LogP contribution is -2.66. The minimum atomic E-state index is -0.834. The standard InChI is InChI=1S/C38H40FN5O6/c1-25(2)44(38(48)40-20-27-11-15-30(39)16-12-27)42-23-35(45)43-33(19-26-13-17-31(18-14-26)50-24-36(46)49-3)37(47)41(22-34(42)43)21-29-9-6-8-28-7-4-5-10-32(28)29/h4-18,25,33-34H,19-24H2,1-3H3,(H,40,48)/t33-,34+/m0/s1. The average molecular weight is 682 g/mol. The van der Waals surface area contributed by atoms with E-state index in [2.05, 4.69) is 10.1 Å². The van der Waals surface area contributed by atoms with Crippen LogP contribution in [0.25, 0.3) is 10.8 Å². The number of piperazine rings is 1. The molecule has 0 bridgehead atoms. The van der Waals surface area contributed by atoms with Crippen molar-refractivity contribution < 1.29 is 33.0 Å². The van der Waals surface area contributed by atoms with Gasteiger partial charge in [-0.2, -0.15) is 5.01 Å². The molecule has 1 N–H and O–H groups in total. The highest BCUT2D eigenvalue weighted by Crippen LogP contribution is 2.32. The van der Waals surface area contributed by atoms with Gasteiger partial charge in [-0.25, -0.2) is 14.0 Å². The molecule has 12 heteroatoms. The van der Waals surface area contributed by atoms with E-state index in [1.165, 1.54) is 19.2 Å². The predicted molar refractivity (Wildman–Crippen MR) is 184 cm³/mol. The van der Waals surface area contributed by atoms with Crippen molar-refractivity contribution in [1.29, 1.82) is 0 Å². The smallest absolute Gasteiger partial charge is 0.343 e. The van der Waals surface area contributed by atoms with Gasteiger partial charge < -0.3 is 24.6 Å². The Morgan fingerprint density at radius 2 is 1.64 bits per heavy atom.